The molecule has 1 aromatic rings. The molecule has 2 heterocycles. The van der Waals surface area contributed by atoms with E-state index < -0.39 is 6.10 Å². The summed E-state index contributed by atoms with van der Waals surface area (Å²) in [5.74, 6) is -0.00243. The normalized spacial score (nSPS) is 20.5. The molecule has 1 aliphatic heterocycles. The highest BCUT2D eigenvalue weighted by Crippen LogP contribution is 2.12. The molecule has 0 spiro atoms. The molecule has 0 aromatic carbocycles. The summed E-state index contributed by atoms with van der Waals surface area (Å²) in [6, 6.07) is 4.00. The van der Waals surface area contributed by atoms with E-state index in [1.165, 1.54) is 6.92 Å². The summed E-state index contributed by atoms with van der Waals surface area (Å²) in [4.78, 5) is 15.2. The number of carbonyl (C=O) groups is 1. The zero-order valence-corrected chi connectivity index (χ0v) is 11.9. The summed E-state index contributed by atoms with van der Waals surface area (Å²) < 4.78 is 1.80. The van der Waals surface area contributed by atoms with Crippen molar-refractivity contribution in [3.63, 3.8) is 0 Å². The van der Waals surface area contributed by atoms with E-state index in [0.717, 1.165) is 12.1 Å². The van der Waals surface area contributed by atoms with Gasteiger partial charge in [0.05, 0.1) is 6.10 Å². The van der Waals surface area contributed by atoms with Crippen LogP contribution in [0, 0.1) is 11.3 Å². The van der Waals surface area contributed by atoms with E-state index in [1.54, 1.807) is 9.47 Å². The number of rotatable bonds is 2. The summed E-state index contributed by atoms with van der Waals surface area (Å²) in [6.07, 6.45) is 1.40. The van der Waals surface area contributed by atoms with Crippen LogP contribution in [0.2, 0.25) is 0 Å². The van der Waals surface area contributed by atoms with E-state index in [-0.39, 0.29) is 5.91 Å². The molecular weight excluding hydrogens is 256 g/mol. The Hall–Kier alpha value is -1.84. The number of hydrogen-bond donors (Lipinski definition) is 1. The first kappa shape index (κ1) is 14.6. The predicted molar refractivity (Wildman–Crippen MR) is 73.7 cm³/mol. The minimum absolute atomic E-state index is 0.00243. The Labute approximate surface area is 118 Å². The first-order valence-electron chi connectivity index (χ1n) is 6.71. The third kappa shape index (κ3) is 3.38. The van der Waals surface area contributed by atoms with Crippen molar-refractivity contribution in [2.24, 2.45) is 7.05 Å². The van der Waals surface area contributed by atoms with Crippen molar-refractivity contribution < 1.29 is 9.90 Å². The molecular formula is C14H20N4O2. The lowest BCUT2D eigenvalue weighted by atomic mass is 10.2. The highest BCUT2D eigenvalue weighted by molar-refractivity contribution is 5.73. The zero-order chi connectivity index (χ0) is 14.7. The first-order valence-corrected chi connectivity index (χ1v) is 6.71. The molecule has 0 aliphatic carbocycles. The Morgan fingerprint density at radius 2 is 2.25 bits per heavy atom. The quantitative estimate of drug-likeness (QED) is 0.820. The van der Waals surface area contributed by atoms with Crippen molar-refractivity contribution in [1.82, 2.24) is 14.4 Å². The van der Waals surface area contributed by atoms with Crippen LogP contribution < -0.4 is 0 Å². The van der Waals surface area contributed by atoms with E-state index in [1.807, 2.05) is 19.3 Å². The number of aliphatic hydroxyl groups excluding tert-OH is 1. The molecule has 1 N–H and O–H groups in total. The van der Waals surface area contributed by atoms with Crippen LogP contribution in [0.1, 0.15) is 18.2 Å². The summed E-state index contributed by atoms with van der Waals surface area (Å²) in [7, 11) is 1.84. The number of carbonyl (C=O) groups excluding carboxylic acids is 1. The number of hydrogen-bond acceptors (Lipinski definition) is 4. The molecule has 0 bridgehead atoms. The fourth-order valence-electron chi connectivity index (χ4n) is 2.57. The van der Waals surface area contributed by atoms with Crippen LogP contribution in [-0.2, 0) is 18.4 Å². The average Bonchev–Trinajstić information content (AvgIpc) is 2.61. The van der Waals surface area contributed by atoms with Crippen LogP contribution in [0.4, 0.5) is 0 Å². The van der Waals surface area contributed by atoms with Gasteiger partial charge in [-0.2, -0.15) is 5.26 Å². The maximum Gasteiger partial charge on any atom is 0.219 e. The Morgan fingerprint density at radius 1 is 1.50 bits per heavy atom. The summed E-state index contributed by atoms with van der Waals surface area (Å²) in [6.45, 7) is 4.50. The molecule has 1 atom stereocenters. The van der Waals surface area contributed by atoms with Gasteiger partial charge in [-0.25, -0.2) is 0 Å². The monoisotopic (exact) mass is 276 g/mol. The number of aliphatic hydroxyl groups is 1. The Balaban J connectivity index is 2.02. The molecule has 1 aromatic heterocycles. The van der Waals surface area contributed by atoms with E-state index in [2.05, 4.69) is 11.0 Å². The number of β-amino-alcohol motifs (C(OH)–C–C–N with tert-alkyl or cyclic N) is 1. The number of nitriles is 1. The van der Waals surface area contributed by atoms with Gasteiger partial charge >= 0.3 is 0 Å². The molecule has 6 heteroatoms. The maximum atomic E-state index is 11.4. The van der Waals surface area contributed by atoms with Crippen molar-refractivity contribution in [3.05, 3.63) is 23.5 Å². The number of aryl methyl sites for hydroxylation is 1. The largest absolute Gasteiger partial charge is 0.390 e. The fraction of sp³-hybridized carbons (Fsp3) is 0.571. The van der Waals surface area contributed by atoms with Crippen molar-refractivity contribution in [2.45, 2.75) is 19.6 Å². The summed E-state index contributed by atoms with van der Waals surface area (Å²) in [5, 5.41) is 18.9. The van der Waals surface area contributed by atoms with Gasteiger partial charge in [0.25, 0.3) is 0 Å². The first-order chi connectivity index (χ1) is 9.49. The molecule has 6 nitrogen and oxygen atoms in total. The van der Waals surface area contributed by atoms with Gasteiger partial charge in [-0.05, 0) is 11.6 Å². The minimum Gasteiger partial charge on any atom is -0.390 e. The molecule has 1 unspecified atom stereocenters. The lowest BCUT2D eigenvalue weighted by Gasteiger charge is -2.20. The summed E-state index contributed by atoms with van der Waals surface area (Å²) in [5.41, 5.74) is 1.67. The third-order valence-electron chi connectivity index (χ3n) is 3.61. The van der Waals surface area contributed by atoms with E-state index in [9.17, 15) is 9.90 Å². The topological polar surface area (TPSA) is 72.5 Å². The molecule has 108 valence electrons. The van der Waals surface area contributed by atoms with Crippen molar-refractivity contribution in [2.75, 3.05) is 26.2 Å². The van der Waals surface area contributed by atoms with Gasteiger partial charge in [-0.1, -0.05) is 0 Å². The lowest BCUT2D eigenvalue weighted by molar-refractivity contribution is -0.129. The predicted octanol–water partition coefficient (Wildman–Crippen LogP) is -0.0782. The van der Waals surface area contributed by atoms with Crippen LogP contribution in [-0.4, -0.2) is 57.7 Å². The zero-order valence-electron chi connectivity index (χ0n) is 11.9. The van der Waals surface area contributed by atoms with Crippen LogP contribution in [0.3, 0.4) is 0 Å². The molecule has 1 saturated heterocycles. The van der Waals surface area contributed by atoms with Crippen LogP contribution in [0.15, 0.2) is 12.3 Å². The lowest BCUT2D eigenvalue weighted by Crippen LogP contribution is -2.36. The van der Waals surface area contributed by atoms with E-state index >= 15 is 0 Å². The average molecular weight is 276 g/mol. The number of nitrogens with zero attached hydrogens (tertiary/aromatic N) is 4. The smallest absolute Gasteiger partial charge is 0.219 e. The fourth-order valence-corrected chi connectivity index (χ4v) is 2.57. The Kier molecular flexibility index (Phi) is 4.42. The molecule has 2 rings (SSSR count). The Morgan fingerprint density at radius 3 is 2.85 bits per heavy atom. The van der Waals surface area contributed by atoms with Crippen LogP contribution in [0.5, 0.6) is 0 Å². The summed E-state index contributed by atoms with van der Waals surface area (Å²) >= 11 is 0. The molecule has 1 aliphatic rings. The molecule has 20 heavy (non-hydrogen) atoms. The van der Waals surface area contributed by atoms with E-state index in [4.69, 9.17) is 5.26 Å². The van der Waals surface area contributed by atoms with Crippen molar-refractivity contribution in [1.29, 1.82) is 5.26 Å². The Bertz CT molecular complexity index is 532. The van der Waals surface area contributed by atoms with E-state index in [0.29, 0.717) is 31.9 Å². The second-order valence-electron chi connectivity index (χ2n) is 5.31. The second kappa shape index (κ2) is 6.07. The minimum atomic E-state index is -0.527. The second-order valence-corrected chi connectivity index (χ2v) is 5.31. The van der Waals surface area contributed by atoms with Gasteiger partial charge in [0.2, 0.25) is 5.91 Å². The van der Waals surface area contributed by atoms with Gasteiger partial charge in [-0.3, -0.25) is 9.69 Å². The highest BCUT2D eigenvalue weighted by atomic mass is 16.3. The van der Waals surface area contributed by atoms with Gasteiger partial charge in [-0.15, -0.1) is 0 Å². The molecule has 1 fully saturated rings. The van der Waals surface area contributed by atoms with Gasteiger partial charge in [0.15, 0.2) is 0 Å². The van der Waals surface area contributed by atoms with Gasteiger partial charge in [0, 0.05) is 52.9 Å². The van der Waals surface area contributed by atoms with Crippen molar-refractivity contribution >= 4 is 5.91 Å². The molecule has 0 saturated carbocycles. The SMILES string of the molecule is CC(=O)N1CCN(Cc2cc(C#N)n(C)c2)CC(O)C1. The molecule has 0 radical (unpaired) electrons. The van der Waals surface area contributed by atoms with Crippen molar-refractivity contribution in [3.8, 4) is 6.07 Å². The maximum absolute atomic E-state index is 11.4. The van der Waals surface area contributed by atoms with Crippen LogP contribution in [0.25, 0.3) is 0 Å². The van der Waals surface area contributed by atoms with Gasteiger partial charge < -0.3 is 14.6 Å². The molecule has 1 amide bonds. The van der Waals surface area contributed by atoms with Gasteiger partial charge in [0.1, 0.15) is 11.8 Å². The van der Waals surface area contributed by atoms with Crippen LogP contribution >= 0.6 is 0 Å². The standard InChI is InChI=1S/C14H20N4O2/c1-11(19)18-4-3-17(9-14(20)10-18)8-12-5-13(6-15)16(2)7-12/h5,7,14,20H,3-4,8-10H2,1-2H3. The third-order valence-corrected chi connectivity index (χ3v) is 3.61. The number of aromatic nitrogens is 1. The number of amides is 1. The highest BCUT2D eigenvalue weighted by Gasteiger charge is 2.22.